The number of alkyl halides is 3. The van der Waals surface area contributed by atoms with Crippen molar-refractivity contribution in [1.82, 2.24) is 10.0 Å². The molecule has 1 aromatic rings. The Hall–Kier alpha value is -1.35. The highest BCUT2D eigenvalue weighted by molar-refractivity contribution is 7.91. The van der Waals surface area contributed by atoms with Crippen LogP contribution >= 0.6 is 12.2 Å². The summed E-state index contributed by atoms with van der Waals surface area (Å²) in [6.07, 6.45) is -0.544. The quantitative estimate of drug-likeness (QED) is 0.822. The first-order chi connectivity index (χ1) is 10.2. The molecule has 2 N–H and O–H groups in total. The molecule has 22 heavy (non-hydrogen) atoms. The molecule has 0 atom stereocenters. The molecule has 0 aliphatic heterocycles. The number of thiocarbonyl (C=S) groups is 1. The second-order valence-corrected chi connectivity index (χ2v) is 7.17. The van der Waals surface area contributed by atoms with Crippen LogP contribution in [0.5, 0.6) is 0 Å². The molecule has 0 saturated heterocycles. The Labute approximate surface area is 132 Å². The van der Waals surface area contributed by atoms with E-state index in [0.717, 1.165) is 49.9 Å². The van der Waals surface area contributed by atoms with Gasteiger partial charge in [0.1, 0.15) is 0 Å². The Morgan fingerprint density at radius 3 is 2.18 bits per heavy atom. The summed E-state index contributed by atoms with van der Waals surface area (Å²) >= 11 is 4.94. The summed E-state index contributed by atoms with van der Waals surface area (Å²) in [6.45, 7) is 0. The molecule has 0 bridgehead atoms. The van der Waals surface area contributed by atoms with Crippen molar-refractivity contribution in [2.45, 2.75) is 42.8 Å². The minimum Gasteiger partial charge on any atom is -0.359 e. The topological polar surface area (TPSA) is 58.2 Å². The summed E-state index contributed by atoms with van der Waals surface area (Å²) < 4.78 is 63.7. The van der Waals surface area contributed by atoms with Crippen LogP contribution < -0.4 is 10.0 Å². The third-order valence-corrected chi connectivity index (χ3v) is 5.12. The average Bonchev–Trinajstić information content (AvgIpc) is 2.90. The molecule has 9 heteroatoms. The third-order valence-electron chi connectivity index (χ3n) is 3.41. The third kappa shape index (κ3) is 4.33. The molecule has 2 rings (SSSR count). The zero-order valence-electron chi connectivity index (χ0n) is 11.5. The van der Waals surface area contributed by atoms with Crippen LogP contribution in [0.15, 0.2) is 29.2 Å². The number of halogens is 3. The summed E-state index contributed by atoms with van der Waals surface area (Å²) in [7, 11) is -3.98. The van der Waals surface area contributed by atoms with Gasteiger partial charge in [-0.3, -0.25) is 4.72 Å². The van der Waals surface area contributed by atoms with Gasteiger partial charge >= 0.3 is 6.18 Å². The highest BCUT2D eigenvalue weighted by Gasteiger charge is 2.30. The van der Waals surface area contributed by atoms with Gasteiger partial charge < -0.3 is 5.32 Å². The van der Waals surface area contributed by atoms with Crippen molar-refractivity contribution in [2.75, 3.05) is 0 Å². The van der Waals surface area contributed by atoms with Crippen LogP contribution in [0, 0.1) is 0 Å². The van der Waals surface area contributed by atoms with Crippen LogP contribution in [0.1, 0.15) is 31.2 Å². The summed E-state index contributed by atoms with van der Waals surface area (Å²) in [6, 6.07) is 3.40. The van der Waals surface area contributed by atoms with Gasteiger partial charge in [0.2, 0.25) is 0 Å². The van der Waals surface area contributed by atoms with Gasteiger partial charge in [0.15, 0.2) is 5.11 Å². The van der Waals surface area contributed by atoms with Crippen molar-refractivity contribution in [2.24, 2.45) is 0 Å². The predicted molar refractivity (Wildman–Crippen MR) is 79.8 cm³/mol. The van der Waals surface area contributed by atoms with E-state index >= 15 is 0 Å². The van der Waals surface area contributed by atoms with E-state index in [1.807, 2.05) is 0 Å². The monoisotopic (exact) mass is 352 g/mol. The maximum absolute atomic E-state index is 12.5. The van der Waals surface area contributed by atoms with E-state index in [-0.39, 0.29) is 16.0 Å². The number of hydrogen-bond acceptors (Lipinski definition) is 3. The van der Waals surface area contributed by atoms with Gasteiger partial charge in [-0.25, -0.2) is 8.42 Å². The molecule has 1 aliphatic carbocycles. The molecule has 0 unspecified atom stereocenters. The van der Waals surface area contributed by atoms with Crippen molar-refractivity contribution in [1.29, 1.82) is 0 Å². The fourth-order valence-electron chi connectivity index (χ4n) is 2.29. The van der Waals surface area contributed by atoms with E-state index < -0.39 is 21.8 Å². The van der Waals surface area contributed by atoms with Crippen LogP contribution in [0.2, 0.25) is 0 Å². The van der Waals surface area contributed by atoms with Crippen molar-refractivity contribution >= 4 is 27.4 Å². The van der Waals surface area contributed by atoms with E-state index in [0.29, 0.717) is 0 Å². The molecule has 1 aromatic carbocycles. The number of rotatable bonds is 3. The molecular weight excluding hydrogens is 337 g/mol. The van der Waals surface area contributed by atoms with Gasteiger partial charge in [0.05, 0.1) is 10.5 Å². The van der Waals surface area contributed by atoms with Crippen molar-refractivity contribution in [3.8, 4) is 0 Å². The van der Waals surface area contributed by atoms with Crippen LogP contribution in [-0.2, 0) is 16.2 Å². The lowest BCUT2D eigenvalue weighted by Crippen LogP contribution is -2.43. The minimum absolute atomic E-state index is 0.0354. The van der Waals surface area contributed by atoms with E-state index in [1.165, 1.54) is 0 Å². The molecule has 1 saturated carbocycles. The van der Waals surface area contributed by atoms with Crippen molar-refractivity contribution in [3.63, 3.8) is 0 Å². The van der Waals surface area contributed by atoms with E-state index in [9.17, 15) is 21.6 Å². The number of benzene rings is 1. The Bertz CT molecular complexity index is 636. The normalized spacial score (nSPS) is 16.5. The second-order valence-electron chi connectivity index (χ2n) is 5.08. The highest BCUT2D eigenvalue weighted by Crippen LogP contribution is 2.29. The molecule has 0 spiro atoms. The molecule has 0 heterocycles. The van der Waals surface area contributed by atoms with Crippen molar-refractivity contribution < 1.29 is 21.6 Å². The standard InChI is InChI=1S/C13H15F3N2O2S2/c14-13(15,16)9-5-7-11(8-6-9)22(19,20)18-12(21)17-10-3-1-2-4-10/h5-8,10H,1-4H2,(H2,17,18,21). The fraction of sp³-hybridized carbons (Fsp3) is 0.462. The first kappa shape index (κ1) is 17.0. The fourth-order valence-corrected chi connectivity index (χ4v) is 3.70. The molecule has 1 fully saturated rings. The summed E-state index contributed by atoms with van der Waals surface area (Å²) in [5.74, 6) is 0. The zero-order chi connectivity index (χ0) is 16.4. The number of nitrogens with one attached hydrogen (secondary N) is 2. The predicted octanol–water partition coefficient (Wildman–Crippen LogP) is 2.80. The van der Waals surface area contributed by atoms with Gasteiger partial charge in [-0.05, 0) is 49.3 Å². The van der Waals surface area contributed by atoms with Crippen LogP contribution in [-0.4, -0.2) is 19.6 Å². The first-order valence-corrected chi connectivity index (χ1v) is 8.58. The lowest BCUT2D eigenvalue weighted by molar-refractivity contribution is -0.137. The molecule has 122 valence electrons. The zero-order valence-corrected chi connectivity index (χ0v) is 13.1. The first-order valence-electron chi connectivity index (χ1n) is 6.69. The number of sulfonamides is 1. The summed E-state index contributed by atoms with van der Waals surface area (Å²) in [5, 5.41) is 2.87. The Balaban J connectivity index is 2.04. The van der Waals surface area contributed by atoms with E-state index in [2.05, 4.69) is 10.0 Å². The number of hydrogen-bond donors (Lipinski definition) is 2. The van der Waals surface area contributed by atoms with Gasteiger partial charge in [-0.2, -0.15) is 13.2 Å². The maximum Gasteiger partial charge on any atom is 0.416 e. The molecule has 0 amide bonds. The smallest absolute Gasteiger partial charge is 0.359 e. The molecule has 1 aliphatic rings. The van der Waals surface area contributed by atoms with Gasteiger partial charge in [0, 0.05) is 6.04 Å². The van der Waals surface area contributed by atoms with E-state index in [4.69, 9.17) is 12.2 Å². The van der Waals surface area contributed by atoms with E-state index in [1.54, 1.807) is 0 Å². The van der Waals surface area contributed by atoms with Gasteiger partial charge in [0.25, 0.3) is 10.0 Å². The Morgan fingerprint density at radius 2 is 1.68 bits per heavy atom. The summed E-state index contributed by atoms with van der Waals surface area (Å²) in [5.41, 5.74) is -0.905. The van der Waals surface area contributed by atoms with Crippen LogP contribution in [0.4, 0.5) is 13.2 Å². The maximum atomic E-state index is 12.5. The van der Waals surface area contributed by atoms with Crippen LogP contribution in [0.25, 0.3) is 0 Å². The molecule has 0 aromatic heterocycles. The minimum atomic E-state index is -4.50. The SMILES string of the molecule is O=S(=O)(NC(=S)NC1CCCC1)c1ccc(C(F)(F)F)cc1. The molecule has 4 nitrogen and oxygen atoms in total. The largest absolute Gasteiger partial charge is 0.416 e. The van der Waals surface area contributed by atoms with Gasteiger partial charge in [-0.15, -0.1) is 0 Å². The van der Waals surface area contributed by atoms with Gasteiger partial charge in [-0.1, -0.05) is 12.8 Å². The molecule has 0 radical (unpaired) electrons. The Kier molecular flexibility index (Phi) is 4.96. The lowest BCUT2D eigenvalue weighted by Gasteiger charge is -2.16. The van der Waals surface area contributed by atoms with Crippen molar-refractivity contribution in [3.05, 3.63) is 29.8 Å². The molecular formula is C13H15F3N2O2S2. The lowest BCUT2D eigenvalue weighted by atomic mass is 10.2. The highest BCUT2D eigenvalue weighted by atomic mass is 32.2. The summed E-state index contributed by atoms with van der Waals surface area (Å²) in [4.78, 5) is -0.268. The second kappa shape index (κ2) is 6.41. The van der Waals surface area contributed by atoms with Crippen LogP contribution in [0.3, 0.4) is 0 Å². The average molecular weight is 352 g/mol. The Morgan fingerprint density at radius 1 is 1.14 bits per heavy atom.